The van der Waals surface area contributed by atoms with E-state index in [1.165, 1.54) is 0 Å². The second-order valence-corrected chi connectivity index (χ2v) is 11.6. The SMILES string of the molecule is CC(C)CNNC(=O)[C@@]1(Cc2ccccc2Br)N=C(c2ccc(OCCCO)cc2)O[C@H]1c1ccc(Br)cc1. The number of ether oxygens (including phenoxy) is 2. The lowest BCUT2D eigenvalue weighted by Crippen LogP contribution is -2.54. The molecule has 7 nitrogen and oxygen atoms in total. The normalized spacial score (nSPS) is 18.5. The van der Waals surface area contributed by atoms with E-state index >= 15 is 0 Å². The van der Waals surface area contributed by atoms with Crippen LogP contribution in [-0.2, 0) is 16.0 Å². The van der Waals surface area contributed by atoms with Gasteiger partial charge in [-0.05, 0) is 59.5 Å². The van der Waals surface area contributed by atoms with Gasteiger partial charge in [0.25, 0.3) is 5.91 Å². The second-order valence-electron chi connectivity index (χ2n) is 9.84. The highest BCUT2D eigenvalue weighted by Gasteiger charge is 2.53. The van der Waals surface area contributed by atoms with Gasteiger partial charge >= 0.3 is 0 Å². The largest absolute Gasteiger partial charge is 0.494 e. The van der Waals surface area contributed by atoms with E-state index in [1.54, 1.807) is 0 Å². The number of amides is 1. The van der Waals surface area contributed by atoms with Crippen molar-refractivity contribution in [1.82, 2.24) is 10.9 Å². The van der Waals surface area contributed by atoms with Crippen LogP contribution in [0.3, 0.4) is 0 Å². The molecule has 1 aliphatic rings. The van der Waals surface area contributed by atoms with Crippen LogP contribution < -0.4 is 15.6 Å². The van der Waals surface area contributed by atoms with Crippen molar-refractivity contribution < 1.29 is 19.4 Å². The first-order valence-electron chi connectivity index (χ1n) is 12.9. The third-order valence-electron chi connectivity index (χ3n) is 6.33. The molecular formula is C30H33Br2N3O4. The molecule has 0 radical (unpaired) electrons. The number of nitrogens with zero attached hydrogens (tertiary/aromatic N) is 1. The van der Waals surface area contributed by atoms with Gasteiger partial charge in [0.15, 0.2) is 11.6 Å². The molecule has 0 bridgehead atoms. The van der Waals surface area contributed by atoms with E-state index in [4.69, 9.17) is 19.6 Å². The minimum atomic E-state index is -1.28. The van der Waals surface area contributed by atoms with Gasteiger partial charge in [-0.15, -0.1) is 0 Å². The van der Waals surface area contributed by atoms with Gasteiger partial charge in [-0.3, -0.25) is 10.2 Å². The maximum Gasteiger partial charge on any atom is 0.266 e. The highest BCUT2D eigenvalue weighted by atomic mass is 79.9. The number of aliphatic imine (C=N–C) groups is 1. The number of hydrogen-bond acceptors (Lipinski definition) is 6. The first kappa shape index (κ1) is 29.3. The zero-order valence-corrected chi connectivity index (χ0v) is 25.2. The molecule has 1 amide bonds. The van der Waals surface area contributed by atoms with Gasteiger partial charge in [-0.2, -0.15) is 0 Å². The molecule has 2 atom stereocenters. The van der Waals surface area contributed by atoms with E-state index in [2.05, 4.69) is 56.6 Å². The summed E-state index contributed by atoms with van der Waals surface area (Å²) in [5.41, 5.74) is 7.23. The molecule has 1 aliphatic heterocycles. The van der Waals surface area contributed by atoms with Gasteiger partial charge in [-0.25, -0.2) is 10.4 Å². The van der Waals surface area contributed by atoms with Gasteiger partial charge in [-0.1, -0.05) is 76.0 Å². The predicted molar refractivity (Wildman–Crippen MR) is 160 cm³/mol. The van der Waals surface area contributed by atoms with Crippen LogP contribution in [0.15, 0.2) is 86.7 Å². The molecule has 0 fully saturated rings. The number of benzene rings is 3. The number of hydrazine groups is 1. The highest BCUT2D eigenvalue weighted by molar-refractivity contribution is 9.10. The smallest absolute Gasteiger partial charge is 0.266 e. The number of aliphatic hydroxyl groups excluding tert-OH is 1. The van der Waals surface area contributed by atoms with E-state index < -0.39 is 11.6 Å². The molecule has 4 rings (SSSR count). The summed E-state index contributed by atoms with van der Waals surface area (Å²) >= 11 is 7.17. The molecule has 0 saturated carbocycles. The summed E-state index contributed by atoms with van der Waals surface area (Å²) in [5.74, 6) is 1.15. The lowest BCUT2D eigenvalue weighted by Gasteiger charge is -2.31. The summed E-state index contributed by atoms with van der Waals surface area (Å²) in [6, 6.07) is 23.0. The van der Waals surface area contributed by atoms with E-state index in [0.29, 0.717) is 43.6 Å². The van der Waals surface area contributed by atoms with Crippen LogP contribution in [0.5, 0.6) is 5.75 Å². The fourth-order valence-corrected chi connectivity index (χ4v) is 4.98. The first-order valence-corrected chi connectivity index (χ1v) is 14.5. The minimum Gasteiger partial charge on any atom is -0.494 e. The minimum absolute atomic E-state index is 0.0773. The van der Waals surface area contributed by atoms with Gasteiger partial charge in [0.1, 0.15) is 5.75 Å². The number of hydrogen-bond donors (Lipinski definition) is 3. The molecule has 3 aromatic carbocycles. The third-order valence-corrected chi connectivity index (χ3v) is 7.63. The molecule has 0 unspecified atom stereocenters. The summed E-state index contributed by atoms with van der Waals surface area (Å²) < 4.78 is 14.1. The molecule has 0 saturated heterocycles. The van der Waals surface area contributed by atoms with Gasteiger partial charge in [0.2, 0.25) is 5.90 Å². The topological polar surface area (TPSA) is 92.2 Å². The van der Waals surface area contributed by atoms with Gasteiger partial charge in [0, 0.05) is 40.5 Å². The predicted octanol–water partition coefficient (Wildman–Crippen LogP) is 5.75. The van der Waals surface area contributed by atoms with E-state index in [1.807, 2.05) is 72.8 Å². The van der Waals surface area contributed by atoms with Crippen LogP contribution >= 0.6 is 31.9 Å². The number of nitrogens with one attached hydrogen (secondary N) is 2. The summed E-state index contributed by atoms with van der Waals surface area (Å²) in [4.78, 5) is 19.1. The van der Waals surface area contributed by atoms with E-state index in [9.17, 15) is 4.79 Å². The lowest BCUT2D eigenvalue weighted by molar-refractivity contribution is -0.130. The number of aliphatic hydroxyl groups is 1. The maximum atomic E-state index is 14.1. The van der Waals surface area contributed by atoms with Crippen molar-refractivity contribution in [3.8, 4) is 5.75 Å². The van der Waals surface area contributed by atoms with Crippen LogP contribution in [0.2, 0.25) is 0 Å². The van der Waals surface area contributed by atoms with Crippen LogP contribution in [0.4, 0.5) is 0 Å². The second kappa shape index (κ2) is 13.6. The zero-order chi connectivity index (χ0) is 27.8. The lowest BCUT2D eigenvalue weighted by atomic mass is 9.82. The molecule has 3 N–H and O–H groups in total. The van der Waals surface area contributed by atoms with Crippen molar-refractivity contribution in [2.75, 3.05) is 19.8 Å². The van der Waals surface area contributed by atoms with Gasteiger partial charge in [0.05, 0.1) is 6.61 Å². The summed E-state index contributed by atoms with van der Waals surface area (Å²) in [5, 5.41) is 9.01. The Balaban J connectivity index is 1.76. The average molecular weight is 659 g/mol. The summed E-state index contributed by atoms with van der Waals surface area (Å²) in [7, 11) is 0. The van der Waals surface area contributed by atoms with Crippen LogP contribution in [0.25, 0.3) is 0 Å². The van der Waals surface area contributed by atoms with Crippen molar-refractivity contribution in [1.29, 1.82) is 0 Å². The standard InChI is InChI=1S/C30H33Br2N3O4/c1-20(2)19-33-35-29(37)30(18-23-6-3-4-7-26(23)32)27(21-8-12-24(31)13-9-21)39-28(34-30)22-10-14-25(15-11-22)38-17-5-16-36/h3-4,6-15,20,27,33,36H,5,16-19H2,1-2H3,(H,35,37)/t27-,30-/m0/s1. The van der Waals surface area contributed by atoms with Crippen molar-refractivity contribution >= 4 is 43.7 Å². The van der Waals surface area contributed by atoms with Crippen molar-refractivity contribution in [2.24, 2.45) is 10.9 Å². The Hall–Kier alpha value is -2.72. The molecule has 3 aromatic rings. The monoisotopic (exact) mass is 657 g/mol. The van der Waals surface area contributed by atoms with Crippen molar-refractivity contribution in [2.45, 2.75) is 38.3 Å². The number of halogens is 2. The molecule has 0 aromatic heterocycles. The molecule has 9 heteroatoms. The zero-order valence-electron chi connectivity index (χ0n) is 22.0. The molecule has 0 spiro atoms. The molecule has 0 aliphatic carbocycles. The van der Waals surface area contributed by atoms with E-state index in [0.717, 1.165) is 25.6 Å². The Labute approximate surface area is 246 Å². The third kappa shape index (κ3) is 7.28. The van der Waals surface area contributed by atoms with Gasteiger partial charge < -0.3 is 14.6 Å². The fourth-order valence-electron chi connectivity index (χ4n) is 4.30. The Morgan fingerprint density at radius 3 is 2.46 bits per heavy atom. The van der Waals surface area contributed by atoms with Crippen molar-refractivity contribution in [3.63, 3.8) is 0 Å². The number of rotatable bonds is 12. The summed E-state index contributed by atoms with van der Waals surface area (Å²) in [6.45, 7) is 5.28. The first-order chi connectivity index (χ1) is 18.8. The highest BCUT2D eigenvalue weighted by Crippen LogP contribution is 2.43. The number of carbonyl (C=O) groups excluding carboxylic acids is 1. The molecule has 1 heterocycles. The Morgan fingerprint density at radius 1 is 1.08 bits per heavy atom. The Kier molecular flexibility index (Phi) is 10.2. The molecule has 39 heavy (non-hydrogen) atoms. The maximum absolute atomic E-state index is 14.1. The van der Waals surface area contributed by atoms with Crippen LogP contribution in [-0.4, -0.2) is 42.2 Å². The quantitative estimate of drug-likeness (QED) is 0.170. The Morgan fingerprint density at radius 2 is 1.79 bits per heavy atom. The van der Waals surface area contributed by atoms with Crippen LogP contribution in [0.1, 0.15) is 43.1 Å². The number of carbonyl (C=O) groups is 1. The van der Waals surface area contributed by atoms with E-state index in [-0.39, 0.29) is 12.5 Å². The molecular weight excluding hydrogens is 626 g/mol. The van der Waals surface area contributed by atoms with Crippen molar-refractivity contribution in [3.05, 3.63) is 98.4 Å². The fraction of sp³-hybridized carbons (Fsp3) is 0.333. The summed E-state index contributed by atoms with van der Waals surface area (Å²) in [6.07, 6.45) is 0.203. The average Bonchev–Trinajstić information content (AvgIpc) is 3.31. The van der Waals surface area contributed by atoms with Crippen LogP contribution in [0, 0.1) is 5.92 Å². The Bertz CT molecular complexity index is 1280. The molecule has 206 valence electrons.